The van der Waals surface area contributed by atoms with Crippen LogP contribution in [0, 0.1) is 0 Å². The average Bonchev–Trinajstić information content (AvgIpc) is 2.35. The molecule has 1 aromatic carbocycles. The molecule has 6 N–H and O–H groups in total. The predicted octanol–water partition coefficient (Wildman–Crippen LogP) is 1.49. The highest BCUT2D eigenvalue weighted by Crippen LogP contribution is 2.39. The normalized spacial score (nSPS) is 18.9. The number of rotatable bonds is 4. The molecule has 1 aliphatic carbocycles. The van der Waals surface area contributed by atoms with Crippen molar-refractivity contribution in [3.05, 3.63) is 53.0 Å². The van der Waals surface area contributed by atoms with Gasteiger partial charge in [-0.3, -0.25) is 0 Å². The van der Waals surface area contributed by atoms with Gasteiger partial charge in [-0.15, -0.1) is 0 Å². The highest BCUT2D eigenvalue weighted by atomic mass is 31.2. The topological polar surface area (TPSA) is 151 Å². The first-order valence-electron chi connectivity index (χ1n) is 6.59. The van der Waals surface area contributed by atoms with E-state index in [1.807, 2.05) is 0 Å². The Balaban J connectivity index is 2.37. The summed E-state index contributed by atoms with van der Waals surface area (Å²) >= 11 is 0. The molecular weight excluding hydrogens is 325 g/mol. The smallest absolute Gasteiger partial charge is 0.448 e. The number of benzene rings is 1. The van der Waals surface area contributed by atoms with Crippen molar-refractivity contribution >= 4 is 13.5 Å². The molecule has 0 radical (unpaired) electrons. The zero-order valence-corrected chi connectivity index (χ0v) is 12.8. The van der Waals surface area contributed by atoms with Crippen LogP contribution in [0.2, 0.25) is 0 Å². The van der Waals surface area contributed by atoms with Gasteiger partial charge >= 0.3 is 7.75 Å². The van der Waals surface area contributed by atoms with Crippen LogP contribution in [-0.2, 0) is 11.0 Å². The minimum atomic E-state index is -4.80. The third kappa shape index (κ3) is 4.67. The highest BCUT2D eigenvalue weighted by molar-refractivity contribution is 7.50. The number of aliphatic hydroxyl groups is 3. The van der Waals surface area contributed by atoms with Crippen molar-refractivity contribution in [1.29, 1.82) is 0 Å². The zero-order chi connectivity index (χ0) is 17.2. The number of nitrogens with zero attached hydrogens (tertiary/aromatic N) is 1. The van der Waals surface area contributed by atoms with Crippen LogP contribution in [0.1, 0.15) is 12.0 Å². The predicted molar refractivity (Wildman–Crippen MR) is 82.3 cm³/mol. The SMILES string of the molecule is O=P(O)(O)N=C1CC(O)=CC(O)=C1C(O)Cc1cccc(O)c1. The lowest BCUT2D eigenvalue weighted by molar-refractivity contribution is 0.210. The van der Waals surface area contributed by atoms with Crippen LogP contribution < -0.4 is 0 Å². The van der Waals surface area contributed by atoms with E-state index in [0.717, 1.165) is 6.08 Å². The van der Waals surface area contributed by atoms with Crippen LogP contribution in [0.15, 0.2) is 52.2 Å². The Morgan fingerprint density at radius 3 is 2.52 bits per heavy atom. The van der Waals surface area contributed by atoms with E-state index in [1.165, 1.54) is 12.1 Å². The molecule has 1 unspecified atom stereocenters. The standard InChI is InChI=1S/C14H16NO7P/c16-9-3-1-2-8(4-9)5-12(18)14-11(15-23(20,21)22)6-10(17)7-13(14)19/h1-4,7,12,16-19H,5-6H2,(H2,20,21,22). The summed E-state index contributed by atoms with van der Waals surface area (Å²) < 4.78 is 14.3. The molecular formula is C14H16NO7P. The van der Waals surface area contributed by atoms with Crippen molar-refractivity contribution in [3.8, 4) is 5.75 Å². The minimum absolute atomic E-state index is 0.00167. The molecule has 0 bridgehead atoms. The first-order valence-corrected chi connectivity index (χ1v) is 8.16. The van der Waals surface area contributed by atoms with Gasteiger partial charge in [-0.25, -0.2) is 4.57 Å². The van der Waals surface area contributed by atoms with Crippen LogP contribution >= 0.6 is 7.75 Å². The Hall–Kier alpha value is -2.12. The van der Waals surface area contributed by atoms with Gasteiger partial charge < -0.3 is 30.2 Å². The second kappa shape index (κ2) is 6.55. The summed E-state index contributed by atoms with van der Waals surface area (Å²) in [5.41, 5.74) is 0.0880. The van der Waals surface area contributed by atoms with E-state index in [2.05, 4.69) is 4.76 Å². The molecule has 0 amide bonds. The Labute approximate surface area is 131 Å². The van der Waals surface area contributed by atoms with Gasteiger partial charge in [-0.05, 0) is 17.7 Å². The number of aliphatic hydroxyl groups excluding tert-OH is 3. The molecule has 1 atom stereocenters. The molecule has 124 valence electrons. The van der Waals surface area contributed by atoms with Crippen molar-refractivity contribution in [1.82, 2.24) is 0 Å². The third-order valence-corrected chi connectivity index (χ3v) is 3.66. The maximum Gasteiger partial charge on any atom is 0.448 e. The number of phenolic OH excluding ortho intramolecular Hbond substituents is 1. The fourth-order valence-corrected chi connectivity index (χ4v) is 2.81. The highest BCUT2D eigenvalue weighted by Gasteiger charge is 2.28. The third-order valence-electron chi connectivity index (χ3n) is 3.16. The van der Waals surface area contributed by atoms with E-state index in [-0.39, 0.29) is 35.6 Å². The number of phenols is 1. The van der Waals surface area contributed by atoms with Crippen LogP contribution in [0.25, 0.3) is 0 Å². The molecule has 0 heterocycles. The van der Waals surface area contributed by atoms with Crippen molar-refractivity contribution in [2.24, 2.45) is 4.76 Å². The van der Waals surface area contributed by atoms with Crippen LogP contribution in [0.3, 0.4) is 0 Å². The van der Waals surface area contributed by atoms with E-state index < -0.39 is 19.6 Å². The number of hydrogen-bond acceptors (Lipinski definition) is 5. The lowest BCUT2D eigenvalue weighted by Crippen LogP contribution is -2.25. The van der Waals surface area contributed by atoms with E-state index in [9.17, 15) is 25.0 Å². The van der Waals surface area contributed by atoms with Crippen molar-refractivity contribution < 1.29 is 34.8 Å². The molecule has 0 aliphatic heterocycles. The first kappa shape index (κ1) is 17.2. The summed E-state index contributed by atoms with van der Waals surface area (Å²) in [7, 11) is -4.80. The molecule has 23 heavy (non-hydrogen) atoms. The Morgan fingerprint density at radius 2 is 1.91 bits per heavy atom. The Kier molecular flexibility index (Phi) is 4.91. The monoisotopic (exact) mass is 341 g/mol. The van der Waals surface area contributed by atoms with Gasteiger partial charge in [0.15, 0.2) is 0 Å². The van der Waals surface area contributed by atoms with Crippen LogP contribution in [0.4, 0.5) is 0 Å². The fraction of sp³-hybridized carbons (Fsp3) is 0.214. The lowest BCUT2D eigenvalue weighted by atomic mass is 9.91. The molecule has 0 fully saturated rings. The summed E-state index contributed by atoms with van der Waals surface area (Å²) in [6, 6.07) is 6.07. The molecule has 0 saturated heterocycles. The molecule has 0 aromatic heterocycles. The quantitative estimate of drug-likeness (QED) is 0.454. The van der Waals surface area contributed by atoms with Gasteiger partial charge in [0, 0.05) is 24.5 Å². The van der Waals surface area contributed by atoms with Gasteiger partial charge in [0.1, 0.15) is 17.3 Å². The van der Waals surface area contributed by atoms with Crippen LogP contribution in [-0.4, -0.2) is 42.0 Å². The van der Waals surface area contributed by atoms with E-state index >= 15 is 0 Å². The molecule has 9 heteroatoms. The second-order valence-electron chi connectivity index (χ2n) is 5.06. The molecule has 1 aromatic rings. The van der Waals surface area contributed by atoms with Gasteiger partial charge in [-0.2, -0.15) is 4.76 Å². The molecule has 1 aliphatic rings. The van der Waals surface area contributed by atoms with E-state index in [4.69, 9.17) is 9.79 Å². The lowest BCUT2D eigenvalue weighted by Gasteiger charge is -2.21. The fourth-order valence-electron chi connectivity index (χ4n) is 2.32. The number of aromatic hydroxyl groups is 1. The Morgan fingerprint density at radius 1 is 1.22 bits per heavy atom. The van der Waals surface area contributed by atoms with Crippen molar-refractivity contribution in [2.75, 3.05) is 0 Å². The van der Waals surface area contributed by atoms with Crippen molar-refractivity contribution in [3.63, 3.8) is 0 Å². The summed E-state index contributed by atoms with van der Waals surface area (Å²) in [5, 5.41) is 39.1. The van der Waals surface area contributed by atoms with E-state index in [0.29, 0.717) is 5.56 Å². The second-order valence-corrected chi connectivity index (χ2v) is 6.29. The van der Waals surface area contributed by atoms with Gasteiger partial charge in [0.25, 0.3) is 0 Å². The minimum Gasteiger partial charge on any atom is -0.512 e. The maximum absolute atomic E-state index is 11.1. The average molecular weight is 341 g/mol. The molecule has 2 rings (SSSR count). The first-order chi connectivity index (χ1) is 10.7. The van der Waals surface area contributed by atoms with E-state index in [1.54, 1.807) is 12.1 Å². The summed E-state index contributed by atoms with van der Waals surface area (Å²) in [4.78, 5) is 17.9. The molecule has 0 spiro atoms. The molecule has 0 saturated carbocycles. The van der Waals surface area contributed by atoms with Crippen molar-refractivity contribution in [2.45, 2.75) is 18.9 Å². The number of allylic oxidation sites excluding steroid dienone is 2. The summed E-state index contributed by atoms with van der Waals surface area (Å²) in [6.45, 7) is 0. The summed E-state index contributed by atoms with van der Waals surface area (Å²) in [6.07, 6.45) is -0.685. The molecule has 8 nitrogen and oxygen atoms in total. The van der Waals surface area contributed by atoms with Gasteiger partial charge in [0.05, 0.1) is 11.8 Å². The maximum atomic E-state index is 11.1. The largest absolute Gasteiger partial charge is 0.512 e. The van der Waals surface area contributed by atoms with Crippen LogP contribution in [0.5, 0.6) is 5.75 Å². The van der Waals surface area contributed by atoms with Gasteiger partial charge in [-0.1, -0.05) is 12.1 Å². The Bertz CT molecular complexity index is 747. The van der Waals surface area contributed by atoms with Gasteiger partial charge in [0.2, 0.25) is 0 Å². The summed E-state index contributed by atoms with van der Waals surface area (Å²) in [5.74, 6) is -0.852. The zero-order valence-electron chi connectivity index (χ0n) is 11.9. The number of hydrogen-bond donors (Lipinski definition) is 6.